The maximum absolute atomic E-state index is 11.7. The van der Waals surface area contributed by atoms with Crippen LogP contribution < -0.4 is 5.32 Å². The minimum absolute atomic E-state index is 0.0670. The highest BCUT2D eigenvalue weighted by atomic mass is 79.9. The summed E-state index contributed by atoms with van der Waals surface area (Å²) >= 11 is 3.37. The number of hydrogen-bond donors (Lipinski definition) is 1. The van der Waals surface area contributed by atoms with Crippen molar-refractivity contribution in [1.82, 2.24) is 5.32 Å². The number of carbonyl (C=O) groups excluding carboxylic acids is 2. The number of methoxy groups -OCH3 is 1. The van der Waals surface area contributed by atoms with Gasteiger partial charge in [-0.15, -0.1) is 0 Å². The number of benzene rings is 1. The molecule has 1 atom stereocenters. The minimum Gasteiger partial charge on any atom is -0.467 e. The highest BCUT2D eigenvalue weighted by Gasteiger charge is 2.21. The molecule has 1 amide bonds. The molecule has 0 aromatic heterocycles. The average Bonchev–Trinajstić information content (AvgIpc) is 2.43. The lowest BCUT2D eigenvalue weighted by Gasteiger charge is -2.16. The Hall–Kier alpha value is -1.40. The van der Waals surface area contributed by atoms with Gasteiger partial charge in [-0.25, -0.2) is 4.79 Å². The van der Waals surface area contributed by atoms with Crippen molar-refractivity contribution in [3.05, 3.63) is 34.3 Å². The summed E-state index contributed by atoms with van der Waals surface area (Å²) in [7, 11) is 1.30. The number of halogens is 1. The van der Waals surface area contributed by atoms with Crippen LogP contribution in [0.4, 0.5) is 0 Å². The number of amides is 1. The fraction of sp³-hybridized carbons (Fsp3) is 0.429. The zero-order valence-electron chi connectivity index (χ0n) is 11.5. The molecule has 110 valence electrons. The quantitative estimate of drug-likeness (QED) is 0.765. The van der Waals surface area contributed by atoms with Gasteiger partial charge in [-0.2, -0.15) is 0 Å². The van der Waals surface area contributed by atoms with Crippen LogP contribution in [0.1, 0.15) is 12.5 Å². The van der Waals surface area contributed by atoms with Crippen LogP contribution in [0.15, 0.2) is 28.7 Å². The summed E-state index contributed by atoms with van der Waals surface area (Å²) in [6.07, 6.45) is 0.365. The first-order chi connectivity index (χ1) is 9.56. The van der Waals surface area contributed by atoms with E-state index < -0.39 is 12.0 Å². The number of hydrogen-bond acceptors (Lipinski definition) is 4. The zero-order valence-corrected chi connectivity index (χ0v) is 13.1. The van der Waals surface area contributed by atoms with Crippen LogP contribution in [-0.4, -0.2) is 38.2 Å². The fourth-order valence-corrected chi connectivity index (χ4v) is 2.11. The Morgan fingerprint density at radius 3 is 2.75 bits per heavy atom. The van der Waals surface area contributed by atoms with E-state index in [1.165, 1.54) is 7.11 Å². The normalized spacial score (nSPS) is 11.8. The third-order valence-electron chi connectivity index (χ3n) is 2.59. The Kier molecular flexibility index (Phi) is 7.25. The zero-order chi connectivity index (χ0) is 15.0. The SMILES string of the molecule is CCOCC(=O)N[C@H](Cc1cccc(Br)c1)C(=O)OC. The Morgan fingerprint density at radius 2 is 2.15 bits per heavy atom. The van der Waals surface area contributed by atoms with Gasteiger partial charge in [-0.1, -0.05) is 28.1 Å². The molecule has 0 unspecified atom stereocenters. The summed E-state index contributed by atoms with van der Waals surface area (Å²) in [6.45, 7) is 2.18. The van der Waals surface area contributed by atoms with Crippen molar-refractivity contribution in [2.45, 2.75) is 19.4 Å². The molecule has 20 heavy (non-hydrogen) atoms. The predicted molar refractivity (Wildman–Crippen MR) is 78.3 cm³/mol. The van der Waals surface area contributed by atoms with E-state index in [0.717, 1.165) is 10.0 Å². The van der Waals surface area contributed by atoms with E-state index >= 15 is 0 Å². The second-order valence-electron chi connectivity index (χ2n) is 4.11. The van der Waals surface area contributed by atoms with Gasteiger partial charge < -0.3 is 14.8 Å². The van der Waals surface area contributed by atoms with Gasteiger partial charge in [0, 0.05) is 17.5 Å². The third-order valence-corrected chi connectivity index (χ3v) is 3.08. The van der Waals surface area contributed by atoms with Crippen LogP contribution >= 0.6 is 15.9 Å². The Morgan fingerprint density at radius 1 is 1.40 bits per heavy atom. The highest BCUT2D eigenvalue weighted by Crippen LogP contribution is 2.13. The van der Waals surface area contributed by atoms with Crippen LogP contribution in [-0.2, 0) is 25.5 Å². The largest absolute Gasteiger partial charge is 0.467 e. The lowest BCUT2D eigenvalue weighted by molar-refractivity contribution is -0.145. The van der Waals surface area contributed by atoms with E-state index in [-0.39, 0.29) is 12.5 Å². The summed E-state index contributed by atoms with van der Waals surface area (Å²) in [5.41, 5.74) is 0.923. The first kappa shape index (κ1) is 16.7. The second kappa shape index (κ2) is 8.71. The van der Waals surface area contributed by atoms with Crippen molar-refractivity contribution in [1.29, 1.82) is 0 Å². The topological polar surface area (TPSA) is 64.6 Å². The van der Waals surface area contributed by atoms with E-state index in [4.69, 9.17) is 9.47 Å². The van der Waals surface area contributed by atoms with Crippen molar-refractivity contribution in [2.75, 3.05) is 20.3 Å². The molecule has 5 nitrogen and oxygen atoms in total. The molecule has 1 aromatic carbocycles. The molecule has 0 aliphatic heterocycles. The smallest absolute Gasteiger partial charge is 0.328 e. The monoisotopic (exact) mass is 343 g/mol. The maximum Gasteiger partial charge on any atom is 0.328 e. The number of rotatable bonds is 7. The van der Waals surface area contributed by atoms with Crippen molar-refractivity contribution in [3.63, 3.8) is 0 Å². The van der Waals surface area contributed by atoms with E-state index in [1.807, 2.05) is 24.3 Å². The molecule has 0 spiro atoms. The van der Waals surface area contributed by atoms with Crippen molar-refractivity contribution >= 4 is 27.8 Å². The Labute approximate surface area is 126 Å². The lowest BCUT2D eigenvalue weighted by Crippen LogP contribution is -2.44. The van der Waals surface area contributed by atoms with Gasteiger partial charge >= 0.3 is 5.97 Å². The molecule has 0 saturated carbocycles. The van der Waals surface area contributed by atoms with Crippen LogP contribution in [0.3, 0.4) is 0 Å². The number of nitrogens with one attached hydrogen (secondary N) is 1. The van der Waals surface area contributed by atoms with Crippen LogP contribution in [0.5, 0.6) is 0 Å². The summed E-state index contributed by atoms with van der Waals surface area (Å²) in [5, 5.41) is 2.62. The molecule has 0 saturated heterocycles. The van der Waals surface area contributed by atoms with Crippen molar-refractivity contribution in [3.8, 4) is 0 Å². The molecule has 6 heteroatoms. The Bertz CT molecular complexity index is 464. The first-order valence-electron chi connectivity index (χ1n) is 6.26. The summed E-state index contributed by atoms with van der Waals surface area (Å²) in [5.74, 6) is -0.813. The maximum atomic E-state index is 11.7. The summed E-state index contributed by atoms with van der Waals surface area (Å²) in [6, 6.07) is 6.82. The van der Waals surface area contributed by atoms with Gasteiger partial charge in [0.2, 0.25) is 5.91 Å². The van der Waals surface area contributed by atoms with Gasteiger partial charge in [-0.05, 0) is 24.6 Å². The Balaban J connectivity index is 2.69. The number of esters is 1. The van der Waals surface area contributed by atoms with Crippen LogP contribution in [0, 0.1) is 0 Å². The molecular weight excluding hydrogens is 326 g/mol. The predicted octanol–water partition coefficient (Wildman–Crippen LogP) is 1.69. The summed E-state index contributed by atoms with van der Waals surface area (Å²) in [4.78, 5) is 23.4. The first-order valence-corrected chi connectivity index (χ1v) is 7.05. The highest BCUT2D eigenvalue weighted by molar-refractivity contribution is 9.10. The van der Waals surface area contributed by atoms with E-state index in [2.05, 4.69) is 21.2 Å². The fourth-order valence-electron chi connectivity index (χ4n) is 1.67. The van der Waals surface area contributed by atoms with Crippen LogP contribution in [0.2, 0.25) is 0 Å². The van der Waals surface area contributed by atoms with E-state index in [9.17, 15) is 9.59 Å². The van der Waals surface area contributed by atoms with Crippen LogP contribution in [0.25, 0.3) is 0 Å². The van der Waals surface area contributed by atoms with Crippen molar-refractivity contribution in [2.24, 2.45) is 0 Å². The molecule has 0 bridgehead atoms. The molecule has 1 aromatic rings. The molecule has 1 rings (SSSR count). The molecule has 0 radical (unpaired) electrons. The van der Waals surface area contributed by atoms with Crippen molar-refractivity contribution < 1.29 is 19.1 Å². The standard InChI is InChI=1S/C14H18BrNO4/c1-3-20-9-13(17)16-12(14(18)19-2)8-10-5-4-6-11(15)7-10/h4-7,12H,3,8-9H2,1-2H3,(H,16,17)/t12-/m1/s1. The van der Waals surface area contributed by atoms with Gasteiger partial charge in [-0.3, -0.25) is 4.79 Å². The molecule has 0 aliphatic rings. The summed E-state index contributed by atoms with van der Waals surface area (Å²) < 4.78 is 10.6. The number of carbonyl (C=O) groups is 2. The van der Waals surface area contributed by atoms with Gasteiger partial charge in [0.1, 0.15) is 12.6 Å². The average molecular weight is 344 g/mol. The van der Waals surface area contributed by atoms with E-state index in [1.54, 1.807) is 6.92 Å². The van der Waals surface area contributed by atoms with Gasteiger partial charge in [0.15, 0.2) is 0 Å². The molecule has 0 aliphatic carbocycles. The molecular formula is C14H18BrNO4. The number of ether oxygens (including phenoxy) is 2. The molecule has 0 fully saturated rings. The third kappa shape index (κ3) is 5.71. The van der Waals surface area contributed by atoms with E-state index in [0.29, 0.717) is 13.0 Å². The lowest BCUT2D eigenvalue weighted by atomic mass is 10.1. The molecule has 0 heterocycles. The second-order valence-corrected chi connectivity index (χ2v) is 5.03. The van der Waals surface area contributed by atoms with Gasteiger partial charge in [0.05, 0.1) is 7.11 Å². The minimum atomic E-state index is -0.720. The van der Waals surface area contributed by atoms with Gasteiger partial charge in [0.25, 0.3) is 0 Å². The molecule has 1 N–H and O–H groups in total.